The van der Waals surface area contributed by atoms with Crippen molar-refractivity contribution in [2.75, 3.05) is 12.3 Å². The van der Waals surface area contributed by atoms with Crippen LogP contribution in [0.4, 0.5) is 5.69 Å². The van der Waals surface area contributed by atoms with Gasteiger partial charge in [0.25, 0.3) is 0 Å². The minimum atomic E-state index is -4.09. The third kappa shape index (κ3) is 3.20. The first-order valence-electron chi connectivity index (χ1n) is 4.71. The number of hydrogen-bond donors (Lipinski definition) is 3. The van der Waals surface area contributed by atoms with E-state index in [-0.39, 0.29) is 21.6 Å². The second-order valence-corrected chi connectivity index (χ2v) is 7.49. The molecule has 0 aromatic heterocycles. The lowest BCUT2D eigenvalue weighted by molar-refractivity contribution is 0.583. The summed E-state index contributed by atoms with van der Waals surface area (Å²) in [5, 5.41) is 4.96. The Bertz CT molecular complexity index is 670. The Morgan fingerprint density at radius 2 is 1.78 bits per heavy atom. The van der Waals surface area contributed by atoms with E-state index in [2.05, 4.69) is 20.7 Å². The summed E-state index contributed by atoms with van der Waals surface area (Å²) in [5.74, 6) is 0. The van der Waals surface area contributed by atoms with Crippen molar-refractivity contribution in [1.82, 2.24) is 4.72 Å². The second-order valence-electron chi connectivity index (χ2n) is 3.37. The number of anilines is 1. The smallest absolute Gasteiger partial charge is 0.241 e. The summed E-state index contributed by atoms with van der Waals surface area (Å²) in [5.41, 5.74) is 5.36. The highest BCUT2D eigenvalue weighted by Gasteiger charge is 2.22. The van der Waals surface area contributed by atoms with Crippen LogP contribution >= 0.6 is 15.9 Å². The molecule has 0 atom stereocenters. The summed E-state index contributed by atoms with van der Waals surface area (Å²) in [4.78, 5) is -0.662. The summed E-state index contributed by atoms with van der Waals surface area (Å²) in [7, 11) is -7.90. The van der Waals surface area contributed by atoms with E-state index in [0.29, 0.717) is 0 Å². The van der Waals surface area contributed by atoms with Crippen LogP contribution in [0.2, 0.25) is 0 Å². The van der Waals surface area contributed by atoms with Gasteiger partial charge in [0.1, 0.15) is 4.90 Å². The van der Waals surface area contributed by atoms with Gasteiger partial charge < -0.3 is 5.73 Å². The predicted octanol–water partition coefficient (Wildman–Crippen LogP) is -0.0231. The largest absolute Gasteiger partial charge is 0.398 e. The molecule has 0 aliphatic carbocycles. The molecule has 0 radical (unpaired) electrons. The number of sulfonamides is 2. The van der Waals surface area contributed by atoms with Crippen molar-refractivity contribution >= 4 is 41.7 Å². The first kappa shape index (κ1) is 15.4. The molecule has 0 aliphatic heterocycles. The van der Waals surface area contributed by atoms with Gasteiger partial charge in [0.15, 0.2) is 0 Å². The molecule has 1 aromatic carbocycles. The van der Waals surface area contributed by atoms with Gasteiger partial charge in [0.05, 0.1) is 10.6 Å². The third-order valence-corrected chi connectivity index (χ3v) is 5.47. The molecule has 0 fully saturated rings. The van der Waals surface area contributed by atoms with Crippen molar-refractivity contribution in [3.63, 3.8) is 0 Å². The highest BCUT2D eigenvalue weighted by molar-refractivity contribution is 9.10. The third-order valence-electron chi connectivity index (χ3n) is 1.99. The lowest BCUT2D eigenvalue weighted by Gasteiger charge is -2.10. The van der Waals surface area contributed by atoms with Crippen LogP contribution in [0.3, 0.4) is 0 Å². The maximum atomic E-state index is 11.8. The Balaban J connectivity index is 3.59. The van der Waals surface area contributed by atoms with Gasteiger partial charge in [-0.1, -0.05) is 6.92 Å². The Labute approximate surface area is 114 Å². The molecule has 18 heavy (non-hydrogen) atoms. The van der Waals surface area contributed by atoms with E-state index in [0.717, 1.165) is 6.07 Å². The molecule has 1 rings (SSSR count). The fraction of sp³-hybridized carbons (Fsp3) is 0.250. The van der Waals surface area contributed by atoms with Crippen LogP contribution in [-0.2, 0) is 20.0 Å². The van der Waals surface area contributed by atoms with Crippen LogP contribution in [0, 0.1) is 0 Å². The number of halogens is 1. The number of rotatable bonds is 4. The van der Waals surface area contributed by atoms with E-state index in [9.17, 15) is 16.8 Å². The van der Waals surface area contributed by atoms with Crippen LogP contribution in [-0.4, -0.2) is 23.4 Å². The lowest BCUT2D eigenvalue weighted by atomic mass is 10.3. The molecule has 1 aromatic rings. The summed E-state index contributed by atoms with van der Waals surface area (Å²) < 4.78 is 48.6. The monoisotopic (exact) mass is 357 g/mol. The van der Waals surface area contributed by atoms with Crippen molar-refractivity contribution in [2.45, 2.75) is 16.7 Å². The van der Waals surface area contributed by atoms with Crippen molar-refractivity contribution in [3.05, 3.63) is 16.6 Å². The minimum absolute atomic E-state index is 0.125. The van der Waals surface area contributed by atoms with Crippen LogP contribution < -0.4 is 15.6 Å². The van der Waals surface area contributed by atoms with E-state index >= 15 is 0 Å². The van der Waals surface area contributed by atoms with Crippen molar-refractivity contribution in [3.8, 4) is 0 Å². The molecule has 0 heterocycles. The second kappa shape index (κ2) is 5.13. The fourth-order valence-electron chi connectivity index (χ4n) is 1.27. The van der Waals surface area contributed by atoms with Crippen molar-refractivity contribution in [1.29, 1.82) is 0 Å². The summed E-state index contributed by atoms with van der Waals surface area (Å²) >= 11 is 3.02. The SMILES string of the molecule is CCNS(=O)(=O)c1cc(S(N)(=O)=O)c(N)cc1Br. The normalized spacial score (nSPS) is 12.6. The first-order valence-corrected chi connectivity index (χ1v) is 8.53. The number of hydrogen-bond acceptors (Lipinski definition) is 5. The molecule has 0 saturated carbocycles. The number of nitrogens with one attached hydrogen (secondary N) is 1. The number of nitrogens with two attached hydrogens (primary N) is 2. The van der Waals surface area contributed by atoms with Gasteiger partial charge >= 0.3 is 0 Å². The van der Waals surface area contributed by atoms with Crippen LogP contribution in [0.1, 0.15) is 6.92 Å². The van der Waals surface area contributed by atoms with Gasteiger partial charge in [-0.3, -0.25) is 0 Å². The lowest BCUT2D eigenvalue weighted by Crippen LogP contribution is -2.24. The molecule has 0 aliphatic rings. The quantitative estimate of drug-likeness (QED) is 0.651. The van der Waals surface area contributed by atoms with Crippen molar-refractivity contribution < 1.29 is 16.8 Å². The minimum Gasteiger partial charge on any atom is -0.398 e. The van der Waals surface area contributed by atoms with E-state index in [1.807, 2.05) is 0 Å². The summed E-state index contributed by atoms with van der Waals surface area (Å²) in [6, 6.07) is 2.11. The van der Waals surface area contributed by atoms with Gasteiger partial charge in [-0.15, -0.1) is 0 Å². The standard InChI is InChI=1S/C8H12BrN3O4S2/c1-2-12-18(15,16)7-4-8(17(11,13)14)6(10)3-5(7)9/h3-4,12H,2,10H2,1H3,(H2,11,13,14). The number of primary sulfonamides is 1. The summed E-state index contributed by atoms with van der Waals surface area (Å²) in [6.07, 6.45) is 0. The van der Waals surface area contributed by atoms with Crippen LogP contribution in [0.5, 0.6) is 0 Å². The van der Waals surface area contributed by atoms with E-state index in [4.69, 9.17) is 10.9 Å². The maximum absolute atomic E-state index is 11.8. The number of nitrogen functional groups attached to an aromatic ring is 1. The Kier molecular flexibility index (Phi) is 4.38. The molecule has 0 saturated heterocycles. The Morgan fingerprint density at radius 1 is 1.22 bits per heavy atom. The Morgan fingerprint density at radius 3 is 2.22 bits per heavy atom. The van der Waals surface area contributed by atoms with E-state index in [1.54, 1.807) is 6.92 Å². The zero-order chi connectivity index (χ0) is 14.1. The van der Waals surface area contributed by atoms with E-state index < -0.39 is 24.9 Å². The van der Waals surface area contributed by atoms with Gasteiger partial charge in [-0.05, 0) is 28.1 Å². The molecule has 0 unspecified atom stereocenters. The molecular weight excluding hydrogens is 346 g/mol. The van der Waals surface area contributed by atoms with Gasteiger partial charge in [-0.2, -0.15) is 0 Å². The first-order chi connectivity index (χ1) is 8.09. The van der Waals surface area contributed by atoms with E-state index in [1.165, 1.54) is 6.07 Å². The zero-order valence-electron chi connectivity index (χ0n) is 9.34. The molecule has 0 spiro atoms. The maximum Gasteiger partial charge on any atom is 0.241 e. The molecule has 7 nitrogen and oxygen atoms in total. The zero-order valence-corrected chi connectivity index (χ0v) is 12.6. The molecule has 102 valence electrons. The molecule has 0 bridgehead atoms. The van der Waals surface area contributed by atoms with Crippen molar-refractivity contribution in [2.24, 2.45) is 5.14 Å². The predicted molar refractivity (Wildman–Crippen MR) is 70.8 cm³/mol. The average molecular weight is 358 g/mol. The van der Waals surface area contributed by atoms with Gasteiger partial charge in [0, 0.05) is 11.0 Å². The molecule has 10 heteroatoms. The van der Waals surface area contributed by atoms with Crippen LogP contribution in [0.15, 0.2) is 26.4 Å². The Hall–Kier alpha value is -0.680. The number of benzene rings is 1. The summed E-state index contributed by atoms with van der Waals surface area (Å²) in [6.45, 7) is 1.77. The van der Waals surface area contributed by atoms with Gasteiger partial charge in [-0.25, -0.2) is 26.7 Å². The average Bonchev–Trinajstić information content (AvgIpc) is 2.14. The van der Waals surface area contributed by atoms with Gasteiger partial charge in [0.2, 0.25) is 20.0 Å². The van der Waals surface area contributed by atoms with Crippen LogP contribution in [0.25, 0.3) is 0 Å². The highest BCUT2D eigenvalue weighted by atomic mass is 79.9. The fourth-order valence-corrected chi connectivity index (χ4v) is 4.14. The topological polar surface area (TPSA) is 132 Å². The molecule has 0 amide bonds. The highest BCUT2D eigenvalue weighted by Crippen LogP contribution is 2.29. The molecular formula is C8H12BrN3O4S2. The molecule has 5 N–H and O–H groups in total.